The summed E-state index contributed by atoms with van der Waals surface area (Å²) in [6, 6.07) is 5.31. The van der Waals surface area contributed by atoms with Crippen molar-refractivity contribution in [2.75, 3.05) is 7.11 Å². The van der Waals surface area contributed by atoms with Gasteiger partial charge in [0.2, 0.25) is 0 Å². The summed E-state index contributed by atoms with van der Waals surface area (Å²) in [4.78, 5) is 11.2. The lowest BCUT2D eigenvalue weighted by Gasteiger charge is -2.30. The van der Waals surface area contributed by atoms with Crippen LogP contribution in [0.2, 0.25) is 0 Å². The molecule has 2 rings (SSSR count). The Balaban J connectivity index is 2.59. The highest BCUT2D eigenvalue weighted by Crippen LogP contribution is 2.45. The molecule has 0 bridgehead atoms. The molecule has 1 aromatic rings. The van der Waals surface area contributed by atoms with Crippen LogP contribution >= 0.6 is 0 Å². The van der Waals surface area contributed by atoms with E-state index in [1.165, 1.54) is 14.0 Å². The van der Waals surface area contributed by atoms with E-state index >= 15 is 0 Å². The Morgan fingerprint density at radius 3 is 2.67 bits per heavy atom. The fourth-order valence-corrected chi connectivity index (χ4v) is 2.43. The average Bonchev–Trinajstić information content (AvgIpc) is 2.61. The molecule has 0 spiro atoms. The second kappa shape index (κ2) is 4.14. The number of rotatable bonds is 3. The predicted molar refractivity (Wildman–Crippen MR) is 67.3 cm³/mol. The van der Waals surface area contributed by atoms with E-state index in [2.05, 4.69) is 0 Å². The first-order valence-corrected chi connectivity index (χ1v) is 5.73. The van der Waals surface area contributed by atoms with Crippen LogP contribution in [-0.4, -0.2) is 23.3 Å². The van der Waals surface area contributed by atoms with E-state index in [-0.39, 0.29) is 0 Å². The summed E-state index contributed by atoms with van der Waals surface area (Å²) in [5.74, 6) is -1.34. The van der Waals surface area contributed by atoms with Gasteiger partial charge >= 0.3 is 5.97 Å². The first-order valence-electron chi connectivity index (χ1n) is 5.73. The van der Waals surface area contributed by atoms with Gasteiger partial charge < -0.3 is 14.9 Å². The van der Waals surface area contributed by atoms with Crippen molar-refractivity contribution in [3.05, 3.63) is 34.9 Å². The first kappa shape index (κ1) is 12.6. The molecule has 0 radical (unpaired) electrons. The lowest BCUT2D eigenvalue weighted by atomic mass is 9.80. The minimum atomic E-state index is -1.46. The third-order valence-electron chi connectivity index (χ3n) is 3.64. The summed E-state index contributed by atoms with van der Waals surface area (Å²) in [5.41, 5.74) is 0.606. The summed E-state index contributed by atoms with van der Waals surface area (Å²) in [5, 5.41) is 19.9. The molecular weight excluding hydrogens is 232 g/mol. The summed E-state index contributed by atoms with van der Waals surface area (Å²) in [7, 11) is 1.54. The molecule has 0 heterocycles. The largest absolute Gasteiger partial charge is 0.497 e. The Morgan fingerprint density at radius 2 is 2.11 bits per heavy atom. The number of carboxylic acid groups (broad SMARTS) is 1. The van der Waals surface area contributed by atoms with Crippen LogP contribution in [0.4, 0.5) is 0 Å². The number of benzene rings is 1. The molecule has 1 aromatic carbocycles. The van der Waals surface area contributed by atoms with Gasteiger partial charge in [-0.2, -0.15) is 0 Å². The van der Waals surface area contributed by atoms with E-state index in [1.807, 2.05) is 12.1 Å². The molecule has 1 aliphatic rings. The van der Waals surface area contributed by atoms with E-state index in [9.17, 15) is 9.90 Å². The zero-order chi connectivity index (χ0) is 13.5. The van der Waals surface area contributed by atoms with Gasteiger partial charge in [0.1, 0.15) is 11.4 Å². The van der Waals surface area contributed by atoms with Crippen molar-refractivity contribution in [1.29, 1.82) is 0 Å². The number of ether oxygens (including phenoxy) is 1. The van der Waals surface area contributed by atoms with Crippen molar-refractivity contribution in [2.24, 2.45) is 5.92 Å². The zero-order valence-corrected chi connectivity index (χ0v) is 10.6. The van der Waals surface area contributed by atoms with Gasteiger partial charge in [-0.3, -0.25) is 4.79 Å². The summed E-state index contributed by atoms with van der Waals surface area (Å²) in [6.07, 6.45) is 1.81. The Labute approximate surface area is 106 Å². The molecule has 4 nitrogen and oxygen atoms in total. The van der Waals surface area contributed by atoms with Crippen LogP contribution in [0, 0.1) is 5.92 Å². The van der Waals surface area contributed by atoms with E-state index in [0.717, 1.165) is 5.56 Å². The molecule has 0 saturated carbocycles. The van der Waals surface area contributed by atoms with Crippen LogP contribution in [0.15, 0.2) is 23.8 Å². The fraction of sp³-hybridized carbons (Fsp3) is 0.357. The molecular formula is C14H16O4. The quantitative estimate of drug-likeness (QED) is 0.858. The molecule has 0 aliphatic heterocycles. The molecule has 2 atom stereocenters. The Kier molecular flexibility index (Phi) is 2.91. The lowest BCUT2D eigenvalue weighted by molar-refractivity contribution is -0.149. The molecule has 2 N–H and O–H groups in total. The van der Waals surface area contributed by atoms with E-state index in [0.29, 0.717) is 16.9 Å². The van der Waals surface area contributed by atoms with Crippen molar-refractivity contribution in [2.45, 2.75) is 19.4 Å². The van der Waals surface area contributed by atoms with E-state index in [4.69, 9.17) is 9.84 Å². The summed E-state index contributed by atoms with van der Waals surface area (Å²) < 4.78 is 5.13. The van der Waals surface area contributed by atoms with Crippen LogP contribution in [0.3, 0.4) is 0 Å². The molecule has 1 aliphatic carbocycles. The molecule has 4 heteroatoms. The lowest BCUT2D eigenvalue weighted by Crippen LogP contribution is -2.37. The topological polar surface area (TPSA) is 66.8 Å². The average molecular weight is 248 g/mol. The van der Waals surface area contributed by atoms with Gasteiger partial charge in [-0.1, -0.05) is 12.1 Å². The van der Waals surface area contributed by atoms with Crippen molar-refractivity contribution >= 4 is 12.0 Å². The third kappa shape index (κ3) is 1.61. The molecule has 0 amide bonds. The van der Waals surface area contributed by atoms with Crippen LogP contribution in [0.1, 0.15) is 25.0 Å². The number of carboxylic acids is 1. The predicted octanol–water partition coefficient (Wildman–Crippen LogP) is 2.02. The zero-order valence-electron chi connectivity index (χ0n) is 10.6. The van der Waals surface area contributed by atoms with E-state index in [1.54, 1.807) is 19.1 Å². The molecule has 0 aromatic heterocycles. The maximum atomic E-state index is 11.2. The standard InChI is InChI=1S/C14H16O4/c1-8-6-10-4-5-11(18-3)7-12(10)14(8,17)9(2)13(15)16/h4-7,9,17H,1-3H3,(H,15,16). The highest BCUT2D eigenvalue weighted by atomic mass is 16.5. The summed E-state index contributed by atoms with van der Waals surface area (Å²) >= 11 is 0. The molecule has 0 fully saturated rings. The number of carbonyl (C=O) groups is 1. The van der Waals surface area contributed by atoms with Gasteiger partial charge in [0, 0.05) is 0 Å². The monoisotopic (exact) mass is 248 g/mol. The van der Waals surface area contributed by atoms with Gasteiger partial charge in [-0.15, -0.1) is 0 Å². The van der Waals surface area contributed by atoms with Crippen molar-refractivity contribution in [1.82, 2.24) is 0 Å². The third-order valence-corrected chi connectivity index (χ3v) is 3.64. The first-order chi connectivity index (χ1) is 8.41. The van der Waals surface area contributed by atoms with Gasteiger partial charge in [0.15, 0.2) is 0 Å². The Morgan fingerprint density at radius 1 is 1.44 bits per heavy atom. The number of methoxy groups -OCH3 is 1. The van der Waals surface area contributed by atoms with Crippen LogP contribution in [0.25, 0.3) is 6.08 Å². The normalized spacial score (nSPS) is 23.2. The van der Waals surface area contributed by atoms with E-state index < -0.39 is 17.5 Å². The van der Waals surface area contributed by atoms with Crippen molar-refractivity contribution < 1.29 is 19.7 Å². The second-order valence-electron chi connectivity index (χ2n) is 4.61. The number of hydrogen-bond donors (Lipinski definition) is 2. The highest BCUT2D eigenvalue weighted by molar-refractivity contribution is 5.78. The minimum Gasteiger partial charge on any atom is -0.497 e. The smallest absolute Gasteiger partial charge is 0.309 e. The Bertz CT molecular complexity index is 533. The Hall–Kier alpha value is -1.81. The SMILES string of the molecule is COc1ccc2c(c1)C(O)(C(C)C(=O)O)C(C)=C2. The summed E-state index contributed by atoms with van der Waals surface area (Å²) in [6.45, 7) is 3.25. The van der Waals surface area contributed by atoms with Crippen LogP contribution in [0.5, 0.6) is 5.75 Å². The van der Waals surface area contributed by atoms with Gasteiger partial charge in [0.25, 0.3) is 0 Å². The van der Waals surface area contributed by atoms with Crippen LogP contribution in [-0.2, 0) is 10.4 Å². The van der Waals surface area contributed by atoms with Gasteiger partial charge in [-0.05, 0) is 42.7 Å². The van der Waals surface area contributed by atoms with Crippen LogP contribution < -0.4 is 4.74 Å². The highest BCUT2D eigenvalue weighted by Gasteiger charge is 2.45. The molecule has 96 valence electrons. The van der Waals surface area contributed by atoms with Gasteiger partial charge in [0.05, 0.1) is 13.0 Å². The number of hydrogen-bond acceptors (Lipinski definition) is 3. The molecule has 18 heavy (non-hydrogen) atoms. The minimum absolute atomic E-state index is 0.592. The molecule has 0 saturated heterocycles. The number of aliphatic carboxylic acids is 1. The van der Waals surface area contributed by atoms with Crippen molar-refractivity contribution in [3.63, 3.8) is 0 Å². The fourth-order valence-electron chi connectivity index (χ4n) is 2.43. The second-order valence-corrected chi connectivity index (χ2v) is 4.61. The number of fused-ring (bicyclic) bond motifs is 1. The molecule has 2 unspecified atom stereocenters. The van der Waals surface area contributed by atoms with Crippen molar-refractivity contribution in [3.8, 4) is 5.75 Å². The number of aliphatic hydroxyl groups is 1. The maximum Gasteiger partial charge on any atom is 0.309 e. The van der Waals surface area contributed by atoms with Gasteiger partial charge in [-0.25, -0.2) is 0 Å². The maximum absolute atomic E-state index is 11.2.